The lowest BCUT2D eigenvalue weighted by Crippen LogP contribution is -2.60. The maximum Gasteiger partial charge on any atom is 0.132 e. The Balaban J connectivity index is 2.25. The first kappa shape index (κ1) is 10.7. The molecule has 15 heavy (non-hydrogen) atoms. The summed E-state index contributed by atoms with van der Waals surface area (Å²) >= 11 is 0. The quantitative estimate of drug-likeness (QED) is 0.741. The number of piperazine rings is 1. The minimum atomic E-state index is 1.01. The van der Waals surface area contributed by atoms with Gasteiger partial charge in [-0.2, -0.15) is 0 Å². The van der Waals surface area contributed by atoms with Gasteiger partial charge in [0.15, 0.2) is 0 Å². The molecule has 0 amide bonds. The molecule has 1 aliphatic heterocycles. The smallest absolute Gasteiger partial charge is 0.132 e. The van der Waals surface area contributed by atoms with Crippen LogP contribution in [0, 0.1) is 6.92 Å². The molecule has 1 fully saturated rings. The Morgan fingerprint density at radius 1 is 1.13 bits per heavy atom. The van der Waals surface area contributed by atoms with Crippen LogP contribution in [0.4, 0.5) is 5.69 Å². The molecule has 1 N–H and O–H groups in total. The average Bonchev–Trinajstić information content (AvgIpc) is 2.32. The van der Waals surface area contributed by atoms with E-state index in [1.54, 1.807) is 0 Å². The van der Waals surface area contributed by atoms with Crippen molar-refractivity contribution in [2.24, 2.45) is 0 Å². The monoisotopic (exact) mass is 204 g/mol. The number of hydrogen-bond acceptors (Lipinski definition) is 1. The second-order valence-electron chi connectivity index (χ2n) is 4.26. The zero-order valence-electron chi connectivity index (χ0n) is 9.28. The molecule has 1 aromatic carbocycles. The van der Waals surface area contributed by atoms with E-state index in [0.29, 0.717) is 0 Å². The highest BCUT2D eigenvalue weighted by Gasteiger charge is 2.30. The third-order valence-corrected chi connectivity index (χ3v) is 3.32. The lowest BCUT2D eigenvalue weighted by Gasteiger charge is -2.41. The Hall–Kier alpha value is -0.860. The van der Waals surface area contributed by atoms with Crippen LogP contribution in [-0.2, 0) is 0 Å². The molecule has 0 atom stereocenters. The van der Waals surface area contributed by atoms with Gasteiger partial charge in [0.05, 0.1) is 19.6 Å². The highest BCUT2D eigenvalue weighted by molar-refractivity contribution is 5.43. The molecule has 81 valence electrons. The van der Waals surface area contributed by atoms with Crippen molar-refractivity contribution in [2.45, 2.75) is 6.42 Å². The summed E-state index contributed by atoms with van der Waals surface area (Å²) in [6, 6.07) is 10.9. The van der Waals surface area contributed by atoms with Gasteiger partial charge in [-0.25, -0.2) is 0 Å². The summed E-state index contributed by atoms with van der Waals surface area (Å²) < 4.78 is 1.11. The second kappa shape index (κ2) is 4.77. The Morgan fingerprint density at radius 2 is 1.80 bits per heavy atom. The minimum Gasteiger partial charge on any atom is -0.306 e. The van der Waals surface area contributed by atoms with Gasteiger partial charge in [0, 0.05) is 13.1 Å². The van der Waals surface area contributed by atoms with Crippen molar-refractivity contribution < 1.29 is 0 Å². The van der Waals surface area contributed by atoms with Crippen LogP contribution in [0.25, 0.3) is 0 Å². The fraction of sp³-hybridized carbons (Fsp3) is 0.462. The van der Waals surface area contributed by atoms with Gasteiger partial charge >= 0.3 is 0 Å². The predicted octanol–water partition coefficient (Wildman–Crippen LogP) is 1.82. The SMILES string of the molecule is [CH2]CC[N+]1(c2ccccc2)CCNCC1. The van der Waals surface area contributed by atoms with E-state index in [9.17, 15) is 0 Å². The first-order valence-electron chi connectivity index (χ1n) is 5.79. The number of hydrogen-bond donors (Lipinski definition) is 1. The Bertz CT molecular complexity index is 283. The van der Waals surface area contributed by atoms with Crippen LogP contribution in [0.3, 0.4) is 0 Å². The summed E-state index contributed by atoms with van der Waals surface area (Å²) in [5, 5.41) is 3.43. The predicted molar refractivity (Wildman–Crippen MR) is 65.7 cm³/mol. The van der Waals surface area contributed by atoms with Crippen LogP contribution in [-0.4, -0.2) is 32.7 Å². The summed E-state index contributed by atoms with van der Waals surface area (Å²) in [4.78, 5) is 0. The summed E-state index contributed by atoms with van der Waals surface area (Å²) in [5.41, 5.74) is 1.45. The van der Waals surface area contributed by atoms with E-state index in [0.717, 1.165) is 30.5 Å². The highest BCUT2D eigenvalue weighted by Crippen LogP contribution is 2.23. The van der Waals surface area contributed by atoms with Crippen molar-refractivity contribution in [2.75, 3.05) is 32.7 Å². The van der Waals surface area contributed by atoms with Crippen LogP contribution >= 0.6 is 0 Å². The third kappa shape index (κ3) is 2.21. The summed E-state index contributed by atoms with van der Waals surface area (Å²) in [6.07, 6.45) is 1.01. The Labute approximate surface area is 92.5 Å². The fourth-order valence-electron chi connectivity index (χ4n) is 2.48. The van der Waals surface area contributed by atoms with Gasteiger partial charge in [0.25, 0.3) is 0 Å². The van der Waals surface area contributed by atoms with Crippen LogP contribution in [0.15, 0.2) is 30.3 Å². The van der Waals surface area contributed by atoms with Crippen LogP contribution in [0.1, 0.15) is 6.42 Å². The molecule has 0 aromatic heterocycles. The summed E-state index contributed by atoms with van der Waals surface area (Å²) in [7, 11) is 0. The zero-order chi connectivity index (χ0) is 10.6. The van der Waals surface area contributed by atoms with E-state index in [2.05, 4.69) is 42.6 Å². The maximum atomic E-state index is 4.01. The molecule has 1 aromatic rings. The molecule has 2 nitrogen and oxygen atoms in total. The van der Waals surface area contributed by atoms with Crippen molar-refractivity contribution in [1.29, 1.82) is 0 Å². The maximum absolute atomic E-state index is 4.01. The third-order valence-electron chi connectivity index (χ3n) is 3.32. The lowest BCUT2D eigenvalue weighted by atomic mass is 10.1. The molecule has 0 unspecified atom stereocenters. The van der Waals surface area contributed by atoms with Crippen molar-refractivity contribution >= 4 is 5.69 Å². The van der Waals surface area contributed by atoms with Gasteiger partial charge in [-0.3, -0.25) is 4.48 Å². The van der Waals surface area contributed by atoms with Crippen LogP contribution < -0.4 is 9.80 Å². The molecule has 0 spiro atoms. The highest BCUT2D eigenvalue weighted by atomic mass is 15.4. The lowest BCUT2D eigenvalue weighted by molar-refractivity contribution is 0.244. The molecule has 0 bridgehead atoms. The molecule has 1 heterocycles. The topological polar surface area (TPSA) is 12.0 Å². The zero-order valence-corrected chi connectivity index (χ0v) is 9.28. The number of benzene rings is 1. The summed E-state index contributed by atoms with van der Waals surface area (Å²) in [5.74, 6) is 0. The molecule has 1 aliphatic rings. The fourth-order valence-corrected chi connectivity index (χ4v) is 2.48. The van der Waals surface area contributed by atoms with Gasteiger partial charge in [-0.05, 0) is 25.5 Å². The van der Waals surface area contributed by atoms with E-state index >= 15 is 0 Å². The van der Waals surface area contributed by atoms with Gasteiger partial charge in [-0.1, -0.05) is 18.2 Å². The number of quaternary nitrogens is 1. The minimum absolute atomic E-state index is 1.01. The van der Waals surface area contributed by atoms with E-state index in [4.69, 9.17) is 0 Å². The number of nitrogens with zero attached hydrogens (tertiary/aromatic N) is 1. The Kier molecular flexibility index (Phi) is 3.39. The van der Waals surface area contributed by atoms with Gasteiger partial charge < -0.3 is 5.32 Å². The number of nitrogens with one attached hydrogen (secondary N) is 1. The molecule has 2 heteroatoms. The molecule has 0 saturated carbocycles. The van der Waals surface area contributed by atoms with E-state index in [1.165, 1.54) is 18.8 Å². The van der Waals surface area contributed by atoms with Crippen molar-refractivity contribution in [3.8, 4) is 0 Å². The first-order chi connectivity index (χ1) is 7.37. The molecule has 2 rings (SSSR count). The molecular formula is C13H20N2+. The van der Waals surface area contributed by atoms with E-state index in [-0.39, 0.29) is 0 Å². The molecule has 0 aliphatic carbocycles. The van der Waals surface area contributed by atoms with Gasteiger partial charge in [0.1, 0.15) is 5.69 Å². The Morgan fingerprint density at radius 3 is 2.40 bits per heavy atom. The van der Waals surface area contributed by atoms with Crippen molar-refractivity contribution in [3.05, 3.63) is 37.3 Å². The van der Waals surface area contributed by atoms with Crippen LogP contribution in [0.5, 0.6) is 0 Å². The molecule has 1 saturated heterocycles. The first-order valence-corrected chi connectivity index (χ1v) is 5.79. The standard InChI is InChI=1S/C13H20N2/c1-2-10-15(11-8-14-9-12-15)13-6-4-3-5-7-13/h3-7,14H,1-2,8-12H2/q+1. The summed E-state index contributed by atoms with van der Waals surface area (Å²) in [6.45, 7) is 9.80. The number of para-hydroxylation sites is 1. The van der Waals surface area contributed by atoms with Gasteiger partial charge in [-0.15, -0.1) is 0 Å². The molecular weight excluding hydrogens is 184 g/mol. The van der Waals surface area contributed by atoms with E-state index in [1.807, 2.05) is 0 Å². The van der Waals surface area contributed by atoms with Crippen LogP contribution in [0.2, 0.25) is 0 Å². The van der Waals surface area contributed by atoms with Crippen molar-refractivity contribution in [1.82, 2.24) is 9.80 Å². The van der Waals surface area contributed by atoms with E-state index < -0.39 is 0 Å². The van der Waals surface area contributed by atoms with Crippen molar-refractivity contribution in [3.63, 3.8) is 0 Å². The average molecular weight is 204 g/mol. The normalized spacial score (nSPS) is 20.1. The van der Waals surface area contributed by atoms with Gasteiger partial charge in [0.2, 0.25) is 0 Å². The largest absolute Gasteiger partial charge is 0.306 e. The molecule has 1 radical (unpaired) electrons. The second-order valence-corrected chi connectivity index (χ2v) is 4.26. The number of rotatable bonds is 3.